The van der Waals surface area contributed by atoms with Crippen LogP contribution in [0.3, 0.4) is 0 Å². The molecule has 184 valence electrons. The Morgan fingerprint density at radius 3 is 2.50 bits per heavy atom. The van der Waals surface area contributed by atoms with E-state index >= 15 is 0 Å². The first-order valence-electron chi connectivity index (χ1n) is 13.3. The van der Waals surface area contributed by atoms with Crippen molar-refractivity contribution in [2.24, 2.45) is 17.3 Å². The van der Waals surface area contributed by atoms with Crippen molar-refractivity contribution in [3.63, 3.8) is 0 Å². The molecule has 2 saturated carbocycles. The topological polar surface area (TPSA) is 77.9 Å². The van der Waals surface area contributed by atoms with E-state index in [0.29, 0.717) is 36.7 Å². The molecule has 0 aromatic heterocycles. The Hall–Kier alpha value is -2.21. The molecule has 2 aliphatic heterocycles. The van der Waals surface area contributed by atoms with Crippen LogP contribution in [0.1, 0.15) is 87.9 Å². The van der Waals surface area contributed by atoms with Crippen molar-refractivity contribution in [2.75, 3.05) is 24.5 Å². The molecule has 2 aliphatic carbocycles. The molecule has 3 fully saturated rings. The summed E-state index contributed by atoms with van der Waals surface area (Å²) in [6.45, 7) is 3.25. The van der Waals surface area contributed by atoms with Crippen molar-refractivity contribution in [3.05, 3.63) is 29.8 Å². The van der Waals surface area contributed by atoms with E-state index in [1.165, 1.54) is 37.0 Å². The number of carbonyl (C=O) groups is 3. The predicted molar refractivity (Wildman–Crippen MR) is 131 cm³/mol. The number of para-hydroxylation sites is 1. The Morgan fingerprint density at radius 1 is 1.06 bits per heavy atom. The summed E-state index contributed by atoms with van der Waals surface area (Å²) in [5.74, 6) is -0.158. The monoisotopic (exact) mass is 466 g/mol. The summed E-state index contributed by atoms with van der Waals surface area (Å²) in [7, 11) is 0. The van der Waals surface area contributed by atoms with Gasteiger partial charge in [0.2, 0.25) is 5.91 Å². The van der Waals surface area contributed by atoms with Crippen molar-refractivity contribution in [3.8, 4) is 0 Å². The van der Waals surface area contributed by atoms with Crippen LogP contribution in [0.25, 0.3) is 0 Å². The second-order valence-corrected chi connectivity index (χ2v) is 11.4. The Balaban J connectivity index is 1.33. The number of fused-ring (bicyclic) bond motifs is 1. The fraction of sp³-hybridized carbons (Fsp3) is 0.679. The molecule has 2 amide bonds. The molecule has 1 saturated heterocycles. The average molecular weight is 467 g/mol. The second kappa shape index (κ2) is 9.10. The summed E-state index contributed by atoms with van der Waals surface area (Å²) in [5.41, 5.74) is -0.522. The van der Waals surface area contributed by atoms with E-state index in [9.17, 15) is 19.5 Å². The van der Waals surface area contributed by atoms with Crippen molar-refractivity contribution in [2.45, 2.75) is 83.2 Å². The Bertz CT molecular complexity index is 963. The van der Waals surface area contributed by atoms with Gasteiger partial charge in [0.05, 0.1) is 23.4 Å². The van der Waals surface area contributed by atoms with Gasteiger partial charge in [0, 0.05) is 24.4 Å². The lowest BCUT2D eigenvalue weighted by Gasteiger charge is -2.53. The lowest BCUT2D eigenvalue weighted by Crippen LogP contribution is -2.64. The second-order valence-electron chi connectivity index (χ2n) is 11.4. The third-order valence-corrected chi connectivity index (χ3v) is 9.28. The molecule has 1 aromatic rings. The zero-order valence-electron chi connectivity index (χ0n) is 20.4. The van der Waals surface area contributed by atoms with Gasteiger partial charge < -0.3 is 14.9 Å². The molecule has 1 spiro atoms. The summed E-state index contributed by atoms with van der Waals surface area (Å²) in [6, 6.07) is 7.05. The molecule has 6 heteroatoms. The Morgan fingerprint density at radius 2 is 1.76 bits per heavy atom. The minimum atomic E-state index is -1.11. The zero-order valence-corrected chi connectivity index (χ0v) is 20.4. The molecule has 2 atom stereocenters. The van der Waals surface area contributed by atoms with E-state index in [1.54, 1.807) is 18.2 Å². The molecule has 4 aliphatic rings. The van der Waals surface area contributed by atoms with Gasteiger partial charge in [-0.2, -0.15) is 0 Å². The molecule has 0 radical (unpaired) electrons. The molecule has 34 heavy (non-hydrogen) atoms. The Labute approximate surface area is 202 Å². The number of benzene rings is 1. The highest BCUT2D eigenvalue weighted by Crippen LogP contribution is 2.52. The average Bonchev–Trinajstić information content (AvgIpc) is 3.41. The van der Waals surface area contributed by atoms with Crippen molar-refractivity contribution in [1.29, 1.82) is 0 Å². The fourth-order valence-electron chi connectivity index (χ4n) is 7.29. The number of Topliss-reactive ketones (excluding diaryl/α,β-unsaturated/α-hetero) is 1. The normalized spacial score (nSPS) is 27.9. The number of amides is 2. The fourth-order valence-corrected chi connectivity index (χ4v) is 7.29. The smallest absolute Gasteiger partial charge is 0.299 e. The summed E-state index contributed by atoms with van der Waals surface area (Å²) in [4.78, 5) is 42.3. The summed E-state index contributed by atoms with van der Waals surface area (Å²) >= 11 is 0. The van der Waals surface area contributed by atoms with E-state index < -0.39 is 22.7 Å². The van der Waals surface area contributed by atoms with Gasteiger partial charge >= 0.3 is 0 Å². The molecular formula is C28H38N2O4. The highest BCUT2D eigenvalue weighted by atomic mass is 16.3. The number of carbonyl (C=O) groups excluding carboxylic acids is 3. The van der Waals surface area contributed by atoms with Gasteiger partial charge in [-0.1, -0.05) is 64.0 Å². The molecule has 1 unspecified atom stereocenters. The maximum absolute atomic E-state index is 13.5. The first kappa shape index (κ1) is 23.5. The summed E-state index contributed by atoms with van der Waals surface area (Å²) in [5, 5.41) is 12.1. The van der Waals surface area contributed by atoms with Crippen LogP contribution in [-0.2, 0) is 9.59 Å². The molecule has 0 bridgehead atoms. The van der Waals surface area contributed by atoms with Crippen LogP contribution in [0, 0.1) is 17.3 Å². The van der Waals surface area contributed by atoms with Gasteiger partial charge in [-0.3, -0.25) is 14.4 Å². The van der Waals surface area contributed by atoms with Crippen LogP contribution in [0.4, 0.5) is 5.69 Å². The van der Waals surface area contributed by atoms with E-state index in [0.717, 1.165) is 32.1 Å². The number of hydrogen-bond acceptors (Lipinski definition) is 4. The largest absolute Gasteiger partial charge is 0.387 e. The van der Waals surface area contributed by atoms with Crippen LogP contribution in [0.5, 0.6) is 0 Å². The molecule has 1 aromatic carbocycles. The van der Waals surface area contributed by atoms with E-state index in [4.69, 9.17) is 0 Å². The lowest BCUT2D eigenvalue weighted by atomic mass is 9.65. The Kier molecular flexibility index (Phi) is 6.30. The predicted octanol–water partition coefficient (Wildman–Crippen LogP) is 4.35. The number of hydrogen-bond donors (Lipinski definition) is 1. The molecule has 2 heterocycles. The van der Waals surface area contributed by atoms with E-state index in [1.807, 2.05) is 11.0 Å². The van der Waals surface area contributed by atoms with Gasteiger partial charge in [-0.25, -0.2) is 0 Å². The standard InChI is InChI=1S/C28H38N2O4/c1-20(17-21-9-3-2-4-10-21)25(32)29-16-15-28(34,27(18-29)13-7-8-14-27)19-30-23-12-6-5-11-22(23)24(31)26(30)33/h5-6,11-12,20-21,34H,2-4,7-10,13-19H2,1H3/t20-,28?/m1/s1. The van der Waals surface area contributed by atoms with Crippen molar-refractivity contribution >= 4 is 23.3 Å². The SMILES string of the molecule is C[C@H](CC1CCCCC1)C(=O)N1CCC(O)(CN2C(=O)C(=O)c3ccccc32)C2(CCCC2)C1. The number of nitrogens with zero attached hydrogens (tertiary/aromatic N) is 2. The maximum Gasteiger partial charge on any atom is 0.299 e. The first-order valence-corrected chi connectivity index (χ1v) is 13.3. The number of aliphatic hydroxyl groups is 1. The van der Waals surface area contributed by atoms with Gasteiger partial charge in [-0.05, 0) is 43.7 Å². The minimum Gasteiger partial charge on any atom is -0.387 e. The first-order chi connectivity index (χ1) is 16.3. The maximum atomic E-state index is 13.5. The zero-order chi connectivity index (χ0) is 23.9. The lowest BCUT2D eigenvalue weighted by molar-refractivity contribution is -0.158. The van der Waals surface area contributed by atoms with Gasteiger partial charge in [-0.15, -0.1) is 0 Å². The van der Waals surface area contributed by atoms with Gasteiger partial charge in [0.25, 0.3) is 11.7 Å². The van der Waals surface area contributed by atoms with Crippen LogP contribution >= 0.6 is 0 Å². The van der Waals surface area contributed by atoms with E-state index in [2.05, 4.69) is 6.92 Å². The number of β-amino-alcohol motifs (C(OH)–C–C–N with tert-alkyl or cyclic N) is 1. The molecule has 5 rings (SSSR count). The summed E-state index contributed by atoms with van der Waals surface area (Å²) in [6.07, 6.45) is 11.5. The number of anilines is 1. The van der Waals surface area contributed by atoms with Crippen LogP contribution < -0.4 is 4.90 Å². The van der Waals surface area contributed by atoms with Crippen molar-refractivity contribution in [1.82, 2.24) is 4.90 Å². The number of rotatable bonds is 5. The van der Waals surface area contributed by atoms with E-state index in [-0.39, 0.29) is 18.4 Å². The van der Waals surface area contributed by atoms with Crippen LogP contribution in [-0.4, -0.2) is 52.8 Å². The third-order valence-electron chi connectivity index (χ3n) is 9.28. The van der Waals surface area contributed by atoms with Crippen LogP contribution in [0.2, 0.25) is 0 Å². The minimum absolute atomic E-state index is 0.0115. The molecular weight excluding hydrogens is 428 g/mol. The number of likely N-dealkylation sites (tertiary alicyclic amines) is 1. The number of piperidine rings is 1. The summed E-state index contributed by atoms with van der Waals surface area (Å²) < 4.78 is 0. The third kappa shape index (κ3) is 3.98. The highest BCUT2D eigenvalue weighted by molar-refractivity contribution is 6.52. The number of ketones is 1. The van der Waals surface area contributed by atoms with Gasteiger partial charge in [0.15, 0.2) is 0 Å². The van der Waals surface area contributed by atoms with Crippen molar-refractivity contribution < 1.29 is 19.5 Å². The quantitative estimate of drug-likeness (QED) is 0.655. The van der Waals surface area contributed by atoms with Crippen LogP contribution in [0.15, 0.2) is 24.3 Å². The van der Waals surface area contributed by atoms with Gasteiger partial charge in [0.1, 0.15) is 0 Å². The molecule has 1 N–H and O–H groups in total. The molecule has 6 nitrogen and oxygen atoms in total. The highest BCUT2D eigenvalue weighted by Gasteiger charge is 2.57.